The van der Waals surface area contributed by atoms with Crippen LogP contribution < -0.4 is 26.0 Å². The van der Waals surface area contributed by atoms with Crippen LogP contribution in [0.2, 0.25) is 0 Å². The highest BCUT2D eigenvalue weighted by Crippen LogP contribution is 2.34. The fraction of sp³-hybridized carbons (Fsp3) is 0.467. The summed E-state index contributed by atoms with van der Waals surface area (Å²) in [5, 5.41) is 16.5. The smallest absolute Gasteiger partial charge is 0.284 e. The van der Waals surface area contributed by atoms with Crippen LogP contribution in [0.1, 0.15) is 109 Å². The Balaban J connectivity index is 0.603. The van der Waals surface area contributed by atoms with Gasteiger partial charge in [0.1, 0.15) is 30.5 Å². The van der Waals surface area contributed by atoms with Crippen molar-refractivity contribution in [3.63, 3.8) is 0 Å². The zero-order valence-corrected chi connectivity index (χ0v) is 45.9. The lowest BCUT2D eigenvalue weighted by Crippen LogP contribution is -2.53. The molecule has 2 atom stereocenters. The quantitative estimate of drug-likeness (QED) is 0.0324. The van der Waals surface area contributed by atoms with Gasteiger partial charge >= 0.3 is 0 Å². The Kier molecular flexibility index (Phi) is 20.1. The van der Waals surface area contributed by atoms with Crippen molar-refractivity contribution in [2.75, 3.05) is 83.2 Å². The van der Waals surface area contributed by atoms with E-state index in [0.29, 0.717) is 121 Å². The number of halogens is 2. The van der Waals surface area contributed by atoms with Crippen LogP contribution in [-0.2, 0) is 54.5 Å². The molecule has 1 unspecified atom stereocenters. The lowest BCUT2D eigenvalue weighted by molar-refractivity contribution is -0.143. The summed E-state index contributed by atoms with van der Waals surface area (Å²) in [5.41, 5.74) is 5.59. The molecular weight excluding hydrogens is 1030 g/mol. The number of ether oxygens (including phenoxy) is 5. The Morgan fingerprint density at radius 1 is 0.825 bits per heavy atom. The number of carbonyl (C=O) groups is 3. The number of rotatable bonds is 29. The number of hydrogen-bond acceptors (Lipinski definition) is 14. The molecule has 0 spiro atoms. The highest BCUT2D eigenvalue weighted by Gasteiger charge is 2.37. The van der Waals surface area contributed by atoms with E-state index in [1.54, 1.807) is 35.4 Å². The maximum atomic E-state index is 14.1. The molecule has 9 rings (SSSR count). The zero-order chi connectivity index (χ0) is 55.8. The van der Waals surface area contributed by atoms with E-state index in [1.165, 1.54) is 41.1 Å². The van der Waals surface area contributed by atoms with Crippen molar-refractivity contribution in [3.8, 4) is 22.9 Å². The Bertz CT molecular complexity index is 3000. The maximum absolute atomic E-state index is 14.1. The number of nitrogens with one attached hydrogen (secondary N) is 4. The van der Waals surface area contributed by atoms with Gasteiger partial charge in [-0.05, 0) is 108 Å². The third-order valence-corrected chi connectivity index (χ3v) is 14.1. The number of fused-ring (bicyclic) bond motifs is 2. The summed E-state index contributed by atoms with van der Waals surface area (Å²) >= 11 is 0. The summed E-state index contributed by atoms with van der Waals surface area (Å²) < 4.78 is 63.8. The monoisotopic (exact) mass is 1100 g/mol. The number of anilines is 2. The predicted molar refractivity (Wildman–Crippen MR) is 297 cm³/mol. The van der Waals surface area contributed by atoms with Gasteiger partial charge in [0.15, 0.2) is 11.4 Å². The molecular formula is C60H73F2N9O9. The molecule has 18 nitrogen and oxygen atoms in total. The van der Waals surface area contributed by atoms with Crippen molar-refractivity contribution in [1.82, 2.24) is 35.3 Å². The number of amides is 3. The largest absolute Gasteiger partial charge is 0.491 e. The van der Waals surface area contributed by atoms with Crippen LogP contribution in [0.15, 0.2) is 102 Å². The molecule has 4 N–H and O–H groups in total. The molecule has 6 aromatic rings. The first-order valence-electron chi connectivity index (χ1n) is 27.7. The molecule has 0 bridgehead atoms. The van der Waals surface area contributed by atoms with E-state index in [-0.39, 0.29) is 40.5 Å². The topological polar surface area (TPSA) is 205 Å². The van der Waals surface area contributed by atoms with Crippen molar-refractivity contribution in [1.29, 1.82) is 0 Å². The molecule has 426 valence electrons. The van der Waals surface area contributed by atoms with Crippen LogP contribution in [0.4, 0.5) is 20.3 Å². The van der Waals surface area contributed by atoms with E-state index in [2.05, 4.69) is 48.5 Å². The van der Waals surface area contributed by atoms with E-state index < -0.39 is 24.1 Å². The highest BCUT2D eigenvalue weighted by molar-refractivity contribution is 6.03. The predicted octanol–water partition coefficient (Wildman–Crippen LogP) is 9.05. The second kappa shape index (κ2) is 27.9. The summed E-state index contributed by atoms with van der Waals surface area (Å²) in [6, 6.07) is 24.3. The summed E-state index contributed by atoms with van der Waals surface area (Å²) in [6.45, 7) is 12.2. The molecule has 4 heterocycles. The van der Waals surface area contributed by atoms with Gasteiger partial charge < -0.3 is 54.3 Å². The molecule has 0 radical (unpaired) electrons. The summed E-state index contributed by atoms with van der Waals surface area (Å²) in [5.74, 6) is 1.37. The molecule has 1 fully saturated rings. The molecule has 2 aliphatic carbocycles. The van der Waals surface area contributed by atoms with Gasteiger partial charge in [0, 0.05) is 50.8 Å². The Morgan fingerprint density at radius 3 is 2.30 bits per heavy atom. The molecule has 20 heteroatoms. The molecule has 3 amide bonds. The van der Waals surface area contributed by atoms with Crippen molar-refractivity contribution >= 4 is 29.2 Å². The van der Waals surface area contributed by atoms with Crippen molar-refractivity contribution in [2.45, 2.75) is 97.3 Å². The number of nitrogens with zero attached hydrogens (tertiary/aromatic N) is 5. The van der Waals surface area contributed by atoms with Crippen molar-refractivity contribution in [2.24, 2.45) is 11.3 Å². The molecule has 1 aliphatic heterocycles. The van der Waals surface area contributed by atoms with E-state index >= 15 is 0 Å². The van der Waals surface area contributed by atoms with Gasteiger partial charge in [0.2, 0.25) is 17.7 Å². The second-order valence-electron chi connectivity index (χ2n) is 21.6. The number of aryl methyl sites for hydroxylation is 1. The number of oxazole rings is 1. The minimum atomic E-state index is -2.94. The fourth-order valence-corrected chi connectivity index (χ4v) is 9.70. The Hall–Kier alpha value is -7.10. The first kappa shape index (κ1) is 57.6. The number of benzene rings is 3. The molecule has 1 saturated carbocycles. The van der Waals surface area contributed by atoms with Gasteiger partial charge in [-0.15, -0.1) is 0 Å². The van der Waals surface area contributed by atoms with E-state index in [4.69, 9.17) is 28.1 Å². The first-order valence-corrected chi connectivity index (χ1v) is 27.7. The van der Waals surface area contributed by atoms with Gasteiger partial charge in [-0.3, -0.25) is 14.4 Å². The van der Waals surface area contributed by atoms with Crippen LogP contribution >= 0.6 is 0 Å². The Morgan fingerprint density at radius 2 is 1.56 bits per heavy atom. The number of alkyl halides is 2. The third kappa shape index (κ3) is 16.5. The summed E-state index contributed by atoms with van der Waals surface area (Å²) in [7, 11) is 0. The average Bonchev–Trinajstić information content (AvgIpc) is 4.01. The van der Waals surface area contributed by atoms with E-state index in [0.717, 1.165) is 42.5 Å². The molecule has 80 heavy (non-hydrogen) atoms. The van der Waals surface area contributed by atoms with Crippen molar-refractivity contribution in [3.05, 3.63) is 137 Å². The van der Waals surface area contributed by atoms with Gasteiger partial charge in [-0.1, -0.05) is 63.2 Å². The van der Waals surface area contributed by atoms with Gasteiger partial charge in [0.05, 0.1) is 76.5 Å². The lowest BCUT2D eigenvalue weighted by atomic mass is 9.86. The van der Waals surface area contributed by atoms with E-state index in [9.17, 15) is 23.2 Å². The lowest BCUT2D eigenvalue weighted by Gasteiger charge is -2.38. The number of hydrogen-bond donors (Lipinski definition) is 4. The summed E-state index contributed by atoms with van der Waals surface area (Å²) in [6.07, 6.45) is 7.31. The number of carbonyl (C=O) groups excluding carboxylic acids is 3. The molecule has 3 aliphatic rings. The van der Waals surface area contributed by atoms with Crippen LogP contribution in [0.3, 0.4) is 0 Å². The van der Waals surface area contributed by atoms with Gasteiger partial charge in [-0.25, -0.2) is 23.4 Å². The fourth-order valence-electron chi connectivity index (χ4n) is 9.70. The number of aromatic nitrogens is 4. The molecule has 0 saturated heterocycles. The Labute approximate surface area is 465 Å². The minimum absolute atomic E-state index is 0.0305. The van der Waals surface area contributed by atoms with Crippen LogP contribution in [0.5, 0.6) is 5.75 Å². The second-order valence-corrected chi connectivity index (χ2v) is 21.6. The van der Waals surface area contributed by atoms with Gasteiger partial charge in [0.25, 0.3) is 12.3 Å². The van der Waals surface area contributed by atoms with Crippen molar-refractivity contribution < 1.29 is 51.3 Å². The van der Waals surface area contributed by atoms with E-state index in [1.807, 2.05) is 63.2 Å². The molecule has 3 aromatic heterocycles. The highest BCUT2D eigenvalue weighted by atomic mass is 19.3. The summed E-state index contributed by atoms with van der Waals surface area (Å²) in [4.78, 5) is 51.2. The third-order valence-electron chi connectivity index (χ3n) is 14.1. The average molecular weight is 1100 g/mol. The normalized spacial score (nSPS) is 16.1. The number of pyridine rings is 1. The molecule has 3 aromatic carbocycles. The van der Waals surface area contributed by atoms with Crippen LogP contribution in [0, 0.1) is 11.3 Å². The maximum Gasteiger partial charge on any atom is 0.284 e. The van der Waals surface area contributed by atoms with Crippen LogP contribution in [0.25, 0.3) is 17.1 Å². The first-order chi connectivity index (χ1) is 38.8. The standard InChI is InChI=1S/C60H73F2N9O9/c1-60(2,3)34-54(72)70-37-45-31-47(18-15-43(45)32-52(70)58(74)66-49-10-6-8-42-7-4-5-9-48(42)49)79-30-29-78-28-27-77-26-25-76-24-23-75-22-21-63-35-40-13-16-46(17-14-40)71-38-50(55(69-71)56(61)62)67-57(73)51-39-80-59(68-51)44-19-20-64-53(33-44)65-36-41-11-12-41/h4-5,7,9,13-20,31,33,38-39,41,49,52,56,63H,6,8,10-12,21-30,32,34-37H2,1-3H3,(H,64,65)(H,66,74)(H,67,73)/t49-,52?/m1/s1. The SMILES string of the molecule is CC(C)(C)CC(=O)N1Cc2cc(OCCOCCOCCOCCOCCNCc3ccc(-n4cc(NC(=O)c5coc(-c6ccnc(NCC7CC7)c6)n5)c(C(F)F)n4)cc3)ccc2CC1C(=O)N[C@@H]1CCCc2ccccc21. The zero-order valence-electron chi connectivity index (χ0n) is 45.9. The minimum Gasteiger partial charge on any atom is -0.491 e. The van der Waals surface area contributed by atoms with Gasteiger partial charge in [-0.2, -0.15) is 5.10 Å². The van der Waals surface area contributed by atoms with Crippen LogP contribution in [-0.4, -0.2) is 121 Å².